The molecule has 33 heavy (non-hydrogen) atoms. The Bertz CT molecular complexity index is 1300. The van der Waals surface area contributed by atoms with Crippen LogP contribution in [0.2, 0.25) is 5.02 Å². The minimum absolute atomic E-state index is 0.146. The molecule has 0 saturated heterocycles. The van der Waals surface area contributed by atoms with E-state index >= 15 is 0 Å². The molecule has 0 atom stereocenters. The fourth-order valence-electron chi connectivity index (χ4n) is 3.29. The van der Waals surface area contributed by atoms with Crippen LogP contribution in [0.3, 0.4) is 0 Å². The van der Waals surface area contributed by atoms with Crippen molar-refractivity contribution in [1.82, 2.24) is 14.8 Å². The first-order valence-electron chi connectivity index (χ1n) is 10.3. The third-order valence-electron chi connectivity index (χ3n) is 5.09. The summed E-state index contributed by atoms with van der Waals surface area (Å²) in [5.74, 6) is -0.353. The number of nitrogens with zero attached hydrogens (tertiary/aromatic N) is 4. The number of nitrogens with one attached hydrogen (secondary N) is 1. The number of aromatic nitrogens is 3. The standard InChI is InChI=1S/C25H22ClN5O2/c1-17-10-11-21(15-27-17)30(2)25(33)19-6-5-7-20(13-19)31-16-18(14-28-31)12-24(32)29-23-9-4-3-8-22(23)26/h3-11,13-16H,12H2,1-2H3,(H,29,32). The molecule has 1 N–H and O–H groups in total. The van der Waals surface area contributed by atoms with E-state index in [-0.39, 0.29) is 18.2 Å². The lowest BCUT2D eigenvalue weighted by Crippen LogP contribution is -2.26. The van der Waals surface area contributed by atoms with E-state index in [1.165, 1.54) is 0 Å². The predicted molar refractivity (Wildman–Crippen MR) is 129 cm³/mol. The Morgan fingerprint density at radius 3 is 2.64 bits per heavy atom. The van der Waals surface area contributed by atoms with Crippen LogP contribution in [0.1, 0.15) is 21.6 Å². The van der Waals surface area contributed by atoms with Crippen LogP contribution in [-0.2, 0) is 11.2 Å². The van der Waals surface area contributed by atoms with Gasteiger partial charge in [0.25, 0.3) is 5.91 Å². The summed E-state index contributed by atoms with van der Waals surface area (Å²) >= 11 is 6.10. The third-order valence-corrected chi connectivity index (χ3v) is 5.42. The zero-order valence-electron chi connectivity index (χ0n) is 18.2. The number of aryl methyl sites for hydroxylation is 1. The van der Waals surface area contributed by atoms with Crippen LogP contribution in [0.25, 0.3) is 5.69 Å². The van der Waals surface area contributed by atoms with Crippen molar-refractivity contribution in [3.05, 3.63) is 101 Å². The van der Waals surface area contributed by atoms with Crippen LogP contribution in [-0.4, -0.2) is 33.6 Å². The second-order valence-corrected chi connectivity index (χ2v) is 7.98. The Hall–Kier alpha value is -3.97. The van der Waals surface area contributed by atoms with Crippen LogP contribution in [0.15, 0.2) is 79.3 Å². The van der Waals surface area contributed by atoms with Crippen LogP contribution in [0, 0.1) is 6.92 Å². The van der Waals surface area contributed by atoms with E-state index in [9.17, 15) is 9.59 Å². The molecular weight excluding hydrogens is 438 g/mol. The molecule has 166 valence electrons. The van der Waals surface area contributed by atoms with Crippen molar-refractivity contribution in [1.29, 1.82) is 0 Å². The van der Waals surface area contributed by atoms with Gasteiger partial charge in [-0.25, -0.2) is 4.68 Å². The molecule has 0 saturated carbocycles. The molecule has 2 aromatic heterocycles. The van der Waals surface area contributed by atoms with Crippen LogP contribution < -0.4 is 10.2 Å². The number of rotatable bonds is 6. The molecule has 2 aromatic carbocycles. The number of hydrogen-bond donors (Lipinski definition) is 1. The number of anilines is 2. The van der Waals surface area contributed by atoms with Gasteiger partial charge >= 0.3 is 0 Å². The van der Waals surface area contributed by atoms with Crippen LogP contribution >= 0.6 is 11.6 Å². The second-order valence-electron chi connectivity index (χ2n) is 7.57. The normalized spacial score (nSPS) is 10.6. The van der Waals surface area contributed by atoms with Gasteiger partial charge in [-0.05, 0) is 55.0 Å². The highest BCUT2D eigenvalue weighted by Crippen LogP contribution is 2.21. The molecule has 0 spiro atoms. The zero-order chi connectivity index (χ0) is 23.4. The molecule has 0 unspecified atom stereocenters. The SMILES string of the molecule is Cc1ccc(N(C)C(=O)c2cccc(-n3cc(CC(=O)Nc4ccccc4Cl)cn3)c2)cn1. The van der Waals surface area contributed by atoms with E-state index in [0.29, 0.717) is 27.6 Å². The van der Waals surface area contributed by atoms with E-state index in [1.807, 2.05) is 25.1 Å². The molecule has 2 heterocycles. The number of pyridine rings is 1. The molecule has 0 aliphatic carbocycles. The van der Waals surface area contributed by atoms with Crippen molar-refractivity contribution >= 4 is 34.8 Å². The maximum Gasteiger partial charge on any atom is 0.258 e. The van der Waals surface area contributed by atoms with E-state index in [2.05, 4.69) is 15.4 Å². The lowest BCUT2D eigenvalue weighted by molar-refractivity contribution is -0.115. The quantitative estimate of drug-likeness (QED) is 0.453. The number of para-hydroxylation sites is 1. The highest BCUT2D eigenvalue weighted by atomic mass is 35.5. The molecule has 2 amide bonds. The highest BCUT2D eigenvalue weighted by molar-refractivity contribution is 6.33. The Morgan fingerprint density at radius 1 is 1.06 bits per heavy atom. The summed E-state index contributed by atoms with van der Waals surface area (Å²) in [7, 11) is 1.71. The number of amides is 2. The van der Waals surface area contributed by atoms with Gasteiger partial charge in [-0.15, -0.1) is 0 Å². The number of hydrogen-bond acceptors (Lipinski definition) is 4. The molecule has 0 radical (unpaired) electrons. The number of carbonyl (C=O) groups excluding carboxylic acids is 2. The average molecular weight is 460 g/mol. The molecular formula is C25H22ClN5O2. The van der Waals surface area contributed by atoms with Crippen molar-refractivity contribution in [2.45, 2.75) is 13.3 Å². The highest BCUT2D eigenvalue weighted by Gasteiger charge is 2.15. The first-order valence-corrected chi connectivity index (χ1v) is 10.7. The number of halogens is 1. The maximum absolute atomic E-state index is 13.0. The van der Waals surface area contributed by atoms with Crippen LogP contribution in [0.5, 0.6) is 0 Å². The Kier molecular flexibility index (Phi) is 6.51. The van der Waals surface area contributed by atoms with Crippen LogP contribution in [0.4, 0.5) is 11.4 Å². The molecule has 0 aliphatic heterocycles. The molecule has 0 bridgehead atoms. The first-order chi connectivity index (χ1) is 15.9. The molecule has 7 nitrogen and oxygen atoms in total. The van der Waals surface area contributed by atoms with Crippen molar-refractivity contribution in [2.24, 2.45) is 0 Å². The first kappa shape index (κ1) is 22.2. The largest absolute Gasteiger partial charge is 0.324 e. The summed E-state index contributed by atoms with van der Waals surface area (Å²) in [5.41, 5.74) is 4.13. The van der Waals surface area contributed by atoms with E-state index in [0.717, 1.165) is 11.3 Å². The van der Waals surface area contributed by atoms with Gasteiger partial charge in [-0.2, -0.15) is 5.10 Å². The molecule has 8 heteroatoms. The van der Waals surface area contributed by atoms with Gasteiger partial charge in [0.1, 0.15) is 0 Å². The number of carbonyl (C=O) groups is 2. The monoisotopic (exact) mass is 459 g/mol. The van der Waals surface area contributed by atoms with E-state index in [1.54, 1.807) is 77.7 Å². The van der Waals surface area contributed by atoms with Gasteiger partial charge in [0.05, 0.1) is 40.9 Å². The van der Waals surface area contributed by atoms with E-state index < -0.39 is 0 Å². The summed E-state index contributed by atoms with van der Waals surface area (Å²) < 4.78 is 1.64. The fourth-order valence-corrected chi connectivity index (χ4v) is 3.47. The third kappa shape index (κ3) is 5.27. The summed E-state index contributed by atoms with van der Waals surface area (Å²) in [6.07, 6.45) is 5.21. The van der Waals surface area contributed by atoms with Gasteiger partial charge in [0, 0.05) is 24.5 Å². The van der Waals surface area contributed by atoms with Gasteiger partial charge in [0.2, 0.25) is 5.91 Å². The number of benzene rings is 2. The van der Waals surface area contributed by atoms with Gasteiger partial charge in [-0.1, -0.05) is 29.8 Å². The fraction of sp³-hybridized carbons (Fsp3) is 0.120. The summed E-state index contributed by atoms with van der Waals surface area (Å²) in [5, 5.41) is 7.63. The predicted octanol–water partition coefficient (Wildman–Crippen LogP) is 4.69. The minimum atomic E-state index is -0.195. The average Bonchev–Trinajstić information content (AvgIpc) is 3.28. The van der Waals surface area contributed by atoms with Crippen molar-refractivity contribution in [3.8, 4) is 5.69 Å². The zero-order valence-corrected chi connectivity index (χ0v) is 19.0. The van der Waals surface area contributed by atoms with Gasteiger partial charge in [0.15, 0.2) is 0 Å². The maximum atomic E-state index is 13.0. The van der Waals surface area contributed by atoms with Crippen molar-refractivity contribution in [3.63, 3.8) is 0 Å². The van der Waals surface area contributed by atoms with Gasteiger partial charge < -0.3 is 10.2 Å². The lowest BCUT2D eigenvalue weighted by atomic mass is 10.1. The van der Waals surface area contributed by atoms with E-state index in [4.69, 9.17) is 11.6 Å². The van der Waals surface area contributed by atoms with Gasteiger partial charge in [-0.3, -0.25) is 14.6 Å². The van der Waals surface area contributed by atoms with Crippen molar-refractivity contribution in [2.75, 3.05) is 17.3 Å². The molecule has 4 aromatic rings. The Morgan fingerprint density at radius 2 is 1.88 bits per heavy atom. The molecule has 0 fully saturated rings. The second kappa shape index (κ2) is 9.67. The summed E-state index contributed by atoms with van der Waals surface area (Å²) in [6, 6.07) is 18.0. The summed E-state index contributed by atoms with van der Waals surface area (Å²) in [4.78, 5) is 31.2. The topological polar surface area (TPSA) is 80.1 Å². The Labute approximate surface area is 196 Å². The smallest absolute Gasteiger partial charge is 0.258 e. The molecule has 4 rings (SSSR count). The molecule has 0 aliphatic rings. The lowest BCUT2D eigenvalue weighted by Gasteiger charge is -2.17. The Balaban J connectivity index is 1.46. The summed E-state index contributed by atoms with van der Waals surface area (Å²) in [6.45, 7) is 1.90. The van der Waals surface area contributed by atoms with Crippen molar-refractivity contribution < 1.29 is 9.59 Å². The minimum Gasteiger partial charge on any atom is -0.324 e.